The van der Waals surface area contributed by atoms with Gasteiger partial charge in [-0.05, 0) is 27.6 Å². The molecule has 3 rings (SSSR count). The summed E-state index contributed by atoms with van der Waals surface area (Å²) in [5.41, 5.74) is 0.657. The van der Waals surface area contributed by atoms with Crippen LogP contribution in [0.2, 0.25) is 0 Å². The molecule has 122 valence electrons. The molecule has 2 aromatic rings. The van der Waals surface area contributed by atoms with Gasteiger partial charge in [0.05, 0.1) is 25.9 Å². The predicted octanol–water partition coefficient (Wildman–Crippen LogP) is 1.99. The Morgan fingerprint density at radius 1 is 1.39 bits per heavy atom. The largest absolute Gasteiger partial charge is 0.490 e. The fraction of sp³-hybridized carbons (Fsp3) is 0.400. The number of aliphatic hydroxyl groups excluding tert-OH is 1. The van der Waals surface area contributed by atoms with Gasteiger partial charge in [-0.15, -0.1) is 0 Å². The lowest BCUT2D eigenvalue weighted by Gasteiger charge is -2.14. The summed E-state index contributed by atoms with van der Waals surface area (Å²) in [6.45, 7) is 3.01. The Hall–Kier alpha value is -2.61. The maximum absolute atomic E-state index is 10.8. The van der Waals surface area contributed by atoms with E-state index in [-0.39, 0.29) is 12.4 Å². The smallest absolute Gasteiger partial charge is 0.381 e. The van der Waals surface area contributed by atoms with E-state index in [9.17, 15) is 15.2 Å². The lowest BCUT2D eigenvalue weighted by atomic mass is 10.1. The van der Waals surface area contributed by atoms with Crippen LogP contribution in [0.15, 0.2) is 24.4 Å². The van der Waals surface area contributed by atoms with Crippen LogP contribution in [-0.4, -0.2) is 32.8 Å². The van der Waals surface area contributed by atoms with Crippen molar-refractivity contribution in [2.75, 3.05) is 13.2 Å². The Labute approximate surface area is 132 Å². The average Bonchev–Trinajstić information content (AvgIpc) is 2.75. The number of imidazole rings is 1. The normalized spacial score (nSPS) is 15.0. The molecule has 0 saturated carbocycles. The zero-order chi connectivity index (χ0) is 16.4. The molecule has 8 nitrogen and oxygen atoms in total. The number of nitrogens with zero attached hydrogens (tertiary/aromatic N) is 3. The van der Waals surface area contributed by atoms with Gasteiger partial charge in [0.1, 0.15) is 6.20 Å². The molecule has 8 heteroatoms. The second-order valence-corrected chi connectivity index (χ2v) is 5.33. The lowest BCUT2D eigenvalue weighted by Crippen LogP contribution is -2.09. The standard InChI is InChI=1S/C15H17N3O5/c1-10-16-15(18(20)21)9-17(10)8-12(19)11-3-4-13-14(7-11)23-6-2-5-22-13/h3-4,7,9,12,19H,2,5-6,8H2,1H3/t12-/m1/s1. The first-order chi connectivity index (χ1) is 11.0. The number of nitro groups is 1. The quantitative estimate of drug-likeness (QED) is 0.683. The highest BCUT2D eigenvalue weighted by Gasteiger charge is 2.19. The Morgan fingerprint density at radius 3 is 2.83 bits per heavy atom. The second kappa shape index (κ2) is 6.25. The topological polar surface area (TPSA) is 99.7 Å². The molecule has 0 aliphatic carbocycles. The summed E-state index contributed by atoms with van der Waals surface area (Å²) in [7, 11) is 0. The Kier molecular flexibility index (Phi) is 4.16. The maximum atomic E-state index is 10.8. The van der Waals surface area contributed by atoms with E-state index in [1.54, 1.807) is 29.7 Å². The number of fused-ring (bicyclic) bond motifs is 1. The Bertz CT molecular complexity index is 728. The van der Waals surface area contributed by atoms with E-state index in [2.05, 4.69) is 4.98 Å². The van der Waals surface area contributed by atoms with Gasteiger partial charge in [0, 0.05) is 13.3 Å². The first kappa shape index (κ1) is 15.3. The molecular formula is C15H17N3O5. The van der Waals surface area contributed by atoms with E-state index >= 15 is 0 Å². The van der Waals surface area contributed by atoms with Crippen LogP contribution < -0.4 is 9.47 Å². The maximum Gasteiger partial charge on any atom is 0.381 e. The first-order valence-electron chi connectivity index (χ1n) is 7.30. The van der Waals surface area contributed by atoms with E-state index in [0.29, 0.717) is 36.1 Å². The molecule has 1 aliphatic heterocycles. The van der Waals surface area contributed by atoms with Gasteiger partial charge in [0.25, 0.3) is 0 Å². The number of aryl methyl sites for hydroxylation is 1. The average molecular weight is 319 g/mol. The Balaban J connectivity index is 1.79. The van der Waals surface area contributed by atoms with Crippen molar-refractivity contribution in [3.05, 3.63) is 45.9 Å². The SMILES string of the molecule is Cc1nc([N+](=O)[O-])cn1C[C@@H](O)c1ccc2c(c1)OCCCO2. The van der Waals surface area contributed by atoms with Gasteiger partial charge in [-0.1, -0.05) is 6.07 Å². The molecule has 0 bridgehead atoms. The van der Waals surface area contributed by atoms with Crippen LogP contribution in [0, 0.1) is 17.0 Å². The molecule has 2 heterocycles. The number of benzene rings is 1. The van der Waals surface area contributed by atoms with Crippen LogP contribution in [0.4, 0.5) is 5.82 Å². The summed E-state index contributed by atoms with van der Waals surface area (Å²) >= 11 is 0. The molecule has 0 amide bonds. The van der Waals surface area contributed by atoms with Gasteiger partial charge in [0.2, 0.25) is 5.82 Å². The van der Waals surface area contributed by atoms with Crippen molar-refractivity contribution < 1.29 is 19.5 Å². The number of aromatic nitrogens is 2. The van der Waals surface area contributed by atoms with Crippen LogP contribution in [0.5, 0.6) is 11.5 Å². The van der Waals surface area contributed by atoms with Crippen LogP contribution in [0.3, 0.4) is 0 Å². The van der Waals surface area contributed by atoms with Crippen molar-refractivity contribution in [2.24, 2.45) is 0 Å². The van der Waals surface area contributed by atoms with Gasteiger partial charge in [-0.3, -0.25) is 0 Å². The summed E-state index contributed by atoms with van der Waals surface area (Å²) in [6.07, 6.45) is 1.30. The molecule has 0 saturated heterocycles. The second-order valence-electron chi connectivity index (χ2n) is 5.33. The van der Waals surface area contributed by atoms with E-state index in [1.807, 2.05) is 0 Å². The number of hydrogen-bond acceptors (Lipinski definition) is 6. The summed E-state index contributed by atoms with van der Waals surface area (Å²) < 4.78 is 12.7. The summed E-state index contributed by atoms with van der Waals surface area (Å²) in [5, 5.41) is 21.2. The molecular weight excluding hydrogens is 302 g/mol. The summed E-state index contributed by atoms with van der Waals surface area (Å²) in [4.78, 5) is 14.0. The van der Waals surface area contributed by atoms with Crippen LogP contribution >= 0.6 is 0 Å². The molecule has 0 unspecified atom stereocenters. The van der Waals surface area contributed by atoms with Gasteiger partial charge < -0.3 is 29.3 Å². The predicted molar refractivity (Wildman–Crippen MR) is 80.6 cm³/mol. The summed E-state index contributed by atoms with van der Waals surface area (Å²) in [5.74, 6) is 1.51. The van der Waals surface area contributed by atoms with Crippen molar-refractivity contribution in [3.8, 4) is 11.5 Å². The van der Waals surface area contributed by atoms with Crippen molar-refractivity contribution in [1.82, 2.24) is 9.55 Å². The number of hydrogen-bond donors (Lipinski definition) is 1. The highest BCUT2D eigenvalue weighted by Crippen LogP contribution is 2.32. The minimum Gasteiger partial charge on any atom is -0.490 e. The third-order valence-electron chi connectivity index (χ3n) is 3.68. The molecule has 1 aromatic carbocycles. The minimum absolute atomic E-state index is 0.173. The van der Waals surface area contributed by atoms with Gasteiger partial charge >= 0.3 is 5.82 Å². The van der Waals surface area contributed by atoms with Crippen molar-refractivity contribution >= 4 is 5.82 Å². The first-order valence-corrected chi connectivity index (χ1v) is 7.30. The number of ether oxygens (including phenoxy) is 2. The molecule has 0 fully saturated rings. The highest BCUT2D eigenvalue weighted by atomic mass is 16.6. The monoisotopic (exact) mass is 319 g/mol. The fourth-order valence-electron chi connectivity index (χ4n) is 2.44. The van der Waals surface area contributed by atoms with E-state index < -0.39 is 11.0 Å². The molecule has 1 aliphatic rings. The van der Waals surface area contributed by atoms with Gasteiger partial charge in [0.15, 0.2) is 11.5 Å². The fourth-order valence-corrected chi connectivity index (χ4v) is 2.44. The number of aliphatic hydroxyl groups is 1. The van der Waals surface area contributed by atoms with Crippen LogP contribution in [-0.2, 0) is 6.54 Å². The number of rotatable bonds is 4. The third-order valence-corrected chi connectivity index (χ3v) is 3.68. The van der Waals surface area contributed by atoms with Gasteiger partial charge in [-0.25, -0.2) is 0 Å². The highest BCUT2D eigenvalue weighted by molar-refractivity contribution is 5.44. The molecule has 0 spiro atoms. The van der Waals surface area contributed by atoms with Crippen LogP contribution in [0.25, 0.3) is 0 Å². The summed E-state index contributed by atoms with van der Waals surface area (Å²) in [6, 6.07) is 5.27. The van der Waals surface area contributed by atoms with Crippen molar-refractivity contribution in [1.29, 1.82) is 0 Å². The molecule has 23 heavy (non-hydrogen) atoms. The third kappa shape index (κ3) is 3.26. The van der Waals surface area contributed by atoms with Crippen LogP contribution in [0.1, 0.15) is 23.9 Å². The lowest BCUT2D eigenvalue weighted by molar-refractivity contribution is -0.389. The molecule has 1 atom stereocenters. The van der Waals surface area contributed by atoms with E-state index in [4.69, 9.17) is 9.47 Å². The minimum atomic E-state index is -0.834. The van der Waals surface area contributed by atoms with Gasteiger partial charge in [-0.2, -0.15) is 0 Å². The zero-order valence-electron chi connectivity index (χ0n) is 12.6. The molecule has 0 radical (unpaired) electrons. The zero-order valence-corrected chi connectivity index (χ0v) is 12.6. The van der Waals surface area contributed by atoms with E-state index in [1.165, 1.54) is 6.20 Å². The Morgan fingerprint density at radius 2 is 2.13 bits per heavy atom. The molecule has 1 aromatic heterocycles. The van der Waals surface area contributed by atoms with Crippen molar-refractivity contribution in [3.63, 3.8) is 0 Å². The van der Waals surface area contributed by atoms with E-state index in [0.717, 1.165) is 6.42 Å². The molecule has 1 N–H and O–H groups in total. The van der Waals surface area contributed by atoms with Crippen molar-refractivity contribution in [2.45, 2.75) is 26.0 Å².